The lowest BCUT2D eigenvalue weighted by molar-refractivity contribution is -0.256. The van der Waals surface area contributed by atoms with Crippen LogP contribution in [0.3, 0.4) is 0 Å². The molecule has 78 heavy (non-hydrogen) atoms. The van der Waals surface area contributed by atoms with E-state index in [-0.39, 0.29) is 19.3 Å². The average Bonchev–Trinajstić information content (AvgIpc) is 3.48. The van der Waals surface area contributed by atoms with Crippen molar-refractivity contribution in [2.24, 2.45) is 0 Å². The highest BCUT2D eigenvalue weighted by Crippen LogP contribution is 2.42. The van der Waals surface area contributed by atoms with Gasteiger partial charge in [-0.15, -0.1) is 0 Å². The first-order valence-electron chi connectivity index (χ1n) is 32.3. The van der Waals surface area contributed by atoms with E-state index in [1.54, 1.807) is 0 Å². The van der Waals surface area contributed by atoms with Crippen LogP contribution >= 0.6 is 7.82 Å². The molecule has 1 aliphatic rings. The van der Waals surface area contributed by atoms with Crippen molar-refractivity contribution >= 4 is 31.6 Å². The molecule has 0 aromatic carbocycles. The lowest BCUT2D eigenvalue weighted by atomic mass is 9.96. The number of hydrogen-bond donors (Lipinski definition) is 5. The molecule has 1 amide bonds. The van der Waals surface area contributed by atoms with Gasteiger partial charge in [-0.2, -0.15) is 0 Å². The van der Waals surface area contributed by atoms with Gasteiger partial charge in [0, 0.05) is 12.8 Å². The number of carbonyl (C=O) groups is 4. The Morgan fingerprint density at radius 3 is 1.12 bits per heavy atom. The Morgan fingerprint density at radius 1 is 0.462 bits per heavy atom. The van der Waals surface area contributed by atoms with E-state index in [0.29, 0.717) is 38.5 Å². The molecule has 0 unspecified atom stereocenters. The van der Waals surface area contributed by atoms with E-state index < -0.39 is 87.5 Å². The monoisotopic (exact) mass is 1130 g/mol. The zero-order valence-corrected chi connectivity index (χ0v) is 51.0. The van der Waals surface area contributed by atoms with Crippen LogP contribution in [0.2, 0.25) is 0 Å². The number of unbranched alkanes of at least 4 members (excludes halogenated alkanes) is 36. The van der Waals surface area contributed by atoms with Crippen molar-refractivity contribution in [2.45, 2.75) is 366 Å². The first-order valence-corrected chi connectivity index (χ1v) is 33.9. The van der Waals surface area contributed by atoms with Gasteiger partial charge >= 0.3 is 25.7 Å². The van der Waals surface area contributed by atoms with Crippen molar-refractivity contribution < 1.29 is 67.2 Å². The van der Waals surface area contributed by atoms with Gasteiger partial charge in [0.2, 0.25) is 5.91 Å². The summed E-state index contributed by atoms with van der Waals surface area (Å²) in [5, 5.41) is 24.2. The van der Waals surface area contributed by atoms with Crippen molar-refractivity contribution in [3.63, 3.8) is 0 Å². The SMILES string of the molecule is CCCCCCCCCCCCCC(=O)O[C@H](CCCCCCCCCCC)CC(=O)N[C@H]1[C@@H](OC(=O)C[C@@H](CCCCCCCCCCC)OC(=O)CCCCCCCCCCCCC)[C@H](OP(=O)(O)O)[C@@H](CO)O[C@@H]1O. The van der Waals surface area contributed by atoms with Crippen molar-refractivity contribution in [1.29, 1.82) is 0 Å². The topological polar surface area (TPSA) is 224 Å². The van der Waals surface area contributed by atoms with E-state index in [2.05, 4.69) is 33.0 Å². The molecule has 1 fully saturated rings. The molecule has 1 heterocycles. The van der Waals surface area contributed by atoms with E-state index in [0.717, 1.165) is 89.9 Å². The molecule has 1 saturated heterocycles. The summed E-state index contributed by atoms with van der Waals surface area (Å²) in [6.45, 7) is 7.95. The van der Waals surface area contributed by atoms with Crippen molar-refractivity contribution in [3.8, 4) is 0 Å². The van der Waals surface area contributed by atoms with Gasteiger partial charge in [0.15, 0.2) is 12.4 Å². The van der Waals surface area contributed by atoms with Gasteiger partial charge in [0.1, 0.15) is 30.5 Å². The van der Waals surface area contributed by atoms with E-state index in [1.165, 1.54) is 141 Å². The average molecular weight is 1130 g/mol. The maximum Gasteiger partial charge on any atom is 0.470 e. The van der Waals surface area contributed by atoms with Crippen LogP contribution in [0.5, 0.6) is 0 Å². The van der Waals surface area contributed by atoms with Crippen LogP contribution in [0.15, 0.2) is 0 Å². The Hall–Kier alpha value is -2.13. The summed E-state index contributed by atoms with van der Waals surface area (Å²) in [4.78, 5) is 74.6. The molecule has 0 aliphatic carbocycles. The summed E-state index contributed by atoms with van der Waals surface area (Å²) in [7, 11) is -5.35. The molecule has 5 N–H and O–H groups in total. The number of carbonyl (C=O) groups excluding carboxylic acids is 4. The van der Waals surface area contributed by atoms with Crippen LogP contribution in [0.4, 0.5) is 0 Å². The first-order chi connectivity index (χ1) is 37.8. The largest absolute Gasteiger partial charge is 0.470 e. The Bertz CT molecular complexity index is 1500. The highest BCUT2D eigenvalue weighted by atomic mass is 31.2. The predicted molar refractivity (Wildman–Crippen MR) is 312 cm³/mol. The van der Waals surface area contributed by atoms with Crippen LogP contribution in [0.1, 0.15) is 323 Å². The zero-order valence-electron chi connectivity index (χ0n) is 50.1. The number of amides is 1. The summed E-state index contributed by atoms with van der Waals surface area (Å²) >= 11 is 0. The van der Waals surface area contributed by atoms with Crippen LogP contribution in [-0.2, 0) is 47.2 Å². The second-order valence-corrected chi connectivity index (χ2v) is 24.0. The van der Waals surface area contributed by atoms with Crippen LogP contribution in [-0.4, -0.2) is 93.3 Å². The fourth-order valence-corrected chi connectivity index (χ4v) is 11.2. The Labute approximate surface area is 474 Å². The van der Waals surface area contributed by atoms with Gasteiger partial charge in [-0.05, 0) is 38.5 Å². The molecule has 0 radical (unpaired) electrons. The number of aliphatic hydroxyl groups excluding tert-OH is 2. The fourth-order valence-electron chi connectivity index (χ4n) is 10.6. The minimum absolute atomic E-state index is 0.200. The maximum absolute atomic E-state index is 14.0. The Kier molecular flexibility index (Phi) is 47.9. The number of hydrogen-bond acceptors (Lipinski definition) is 12. The number of phosphoric ester groups is 1. The molecule has 0 saturated carbocycles. The Balaban J connectivity index is 3.15. The molecule has 1 aliphatic heterocycles. The van der Waals surface area contributed by atoms with Crippen molar-refractivity contribution in [2.75, 3.05) is 6.61 Å². The molecule has 16 heteroatoms. The lowest BCUT2D eigenvalue weighted by Gasteiger charge is -2.43. The van der Waals surface area contributed by atoms with Gasteiger partial charge in [0.25, 0.3) is 0 Å². The van der Waals surface area contributed by atoms with Gasteiger partial charge in [0.05, 0.1) is 19.4 Å². The predicted octanol–water partition coefficient (Wildman–Crippen LogP) is 15.4. The molecule has 15 nitrogen and oxygen atoms in total. The second kappa shape index (κ2) is 50.6. The summed E-state index contributed by atoms with van der Waals surface area (Å²) < 4.78 is 40.8. The third-order valence-electron chi connectivity index (χ3n) is 15.3. The molecule has 1 rings (SSSR count). The molecule has 0 aromatic heterocycles. The number of aliphatic hydroxyl groups is 2. The third kappa shape index (κ3) is 41.8. The summed E-state index contributed by atoms with van der Waals surface area (Å²) in [6.07, 6.45) is 36.2. The number of phosphoric acid groups is 1. The molecule has 460 valence electrons. The highest BCUT2D eigenvalue weighted by molar-refractivity contribution is 7.46. The quantitative estimate of drug-likeness (QED) is 0.0165. The van der Waals surface area contributed by atoms with Crippen LogP contribution in [0, 0.1) is 0 Å². The van der Waals surface area contributed by atoms with Crippen LogP contribution < -0.4 is 5.32 Å². The minimum atomic E-state index is -5.35. The van der Waals surface area contributed by atoms with Gasteiger partial charge in [-0.3, -0.25) is 23.7 Å². The van der Waals surface area contributed by atoms with E-state index in [4.69, 9.17) is 23.5 Å². The summed E-state index contributed by atoms with van der Waals surface area (Å²) in [6, 6.07) is -1.62. The smallest absolute Gasteiger partial charge is 0.462 e. The summed E-state index contributed by atoms with van der Waals surface area (Å²) in [5.74, 6) is -2.44. The third-order valence-corrected chi connectivity index (χ3v) is 15.8. The summed E-state index contributed by atoms with van der Waals surface area (Å²) in [5.41, 5.74) is 0. The lowest BCUT2D eigenvalue weighted by Crippen LogP contribution is -2.65. The van der Waals surface area contributed by atoms with E-state index in [1.807, 2.05) is 0 Å². The van der Waals surface area contributed by atoms with Gasteiger partial charge in [-0.25, -0.2) is 4.57 Å². The fraction of sp³-hybridized carbons (Fsp3) is 0.935. The van der Waals surface area contributed by atoms with Gasteiger partial charge in [-0.1, -0.05) is 259 Å². The molecule has 0 bridgehead atoms. The first kappa shape index (κ1) is 73.9. The van der Waals surface area contributed by atoms with Crippen molar-refractivity contribution in [3.05, 3.63) is 0 Å². The molecular weight excluding hydrogens is 1010 g/mol. The standard InChI is InChI=1S/C62H118NO14P/c1-5-9-13-17-21-25-27-31-35-39-43-47-56(66)73-52(45-41-37-33-29-23-19-15-11-7-3)49-55(65)63-59-61(60(77-78(70,71)72)54(51-64)75-62(59)69)76-58(68)50-53(46-42-38-34-30-24-20-16-12-8-4)74-57(67)48-44-40-36-32-28-26-22-18-14-10-6-2/h52-54,59-62,64,69H,5-51H2,1-4H3,(H,63,65)(H2,70,71,72)/t52-,53-,54-,59+,60-,61-,62+/m1/s1. The zero-order chi connectivity index (χ0) is 57.3. The van der Waals surface area contributed by atoms with Crippen molar-refractivity contribution in [1.82, 2.24) is 5.32 Å². The van der Waals surface area contributed by atoms with E-state index in [9.17, 15) is 43.7 Å². The normalized spacial score (nSPS) is 18.4. The number of nitrogens with one attached hydrogen (secondary N) is 1. The van der Waals surface area contributed by atoms with Gasteiger partial charge < -0.3 is 44.3 Å². The highest BCUT2D eigenvalue weighted by Gasteiger charge is 2.51. The molecule has 0 aromatic rings. The molecular formula is C62H118NO14P. The molecule has 7 atom stereocenters. The Morgan fingerprint density at radius 2 is 0.782 bits per heavy atom. The van der Waals surface area contributed by atoms with E-state index >= 15 is 0 Å². The molecule has 0 spiro atoms. The maximum atomic E-state index is 14.0. The number of rotatable bonds is 55. The number of esters is 3. The van der Waals surface area contributed by atoms with Crippen LogP contribution in [0.25, 0.3) is 0 Å². The minimum Gasteiger partial charge on any atom is -0.462 e. The second-order valence-electron chi connectivity index (χ2n) is 22.8. The number of ether oxygens (including phenoxy) is 4.